The Bertz CT molecular complexity index is 1000. The Morgan fingerprint density at radius 2 is 1.75 bits per heavy atom. The second-order valence-corrected chi connectivity index (χ2v) is 9.94. The summed E-state index contributed by atoms with van der Waals surface area (Å²) >= 11 is 0. The van der Waals surface area contributed by atoms with Crippen molar-refractivity contribution in [3.63, 3.8) is 0 Å². The molecule has 0 aromatic heterocycles. The highest BCUT2D eigenvalue weighted by Crippen LogP contribution is 2.19. The quantitative estimate of drug-likeness (QED) is 0.734. The monoisotopic (exact) mass is 424 g/mol. The van der Waals surface area contributed by atoms with Crippen molar-refractivity contribution in [1.29, 1.82) is 0 Å². The van der Waals surface area contributed by atoms with Gasteiger partial charge < -0.3 is 4.90 Å². The maximum absolute atomic E-state index is 13.4. The third kappa shape index (κ3) is 4.65. The predicted octanol–water partition coefficient (Wildman–Crippen LogP) is 1.85. The van der Waals surface area contributed by atoms with Gasteiger partial charge in [-0.15, -0.1) is 0 Å². The van der Waals surface area contributed by atoms with Gasteiger partial charge in [-0.25, -0.2) is 12.8 Å². The van der Waals surface area contributed by atoms with Gasteiger partial charge in [0.05, 0.1) is 4.90 Å². The zero-order valence-corrected chi connectivity index (χ0v) is 17.0. The summed E-state index contributed by atoms with van der Waals surface area (Å²) in [6.07, 6.45) is 1.60. The maximum atomic E-state index is 13.4. The van der Waals surface area contributed by atoms with Gasteiger partial charge in [-0.1, -0.05) is 18.2 Å². The Labute approximate surface area is 166 Å². The molecule has 1 amide bonds. The fourth-order valence-electron chi connectivity index (χ4n) is 3.12. The van der Waals surface area contributed by atoms with Crippen molar-refractivity contribution in [1.82, 2.24) is 9.21 Å². The molecular formula is C19H21FN2O4S2. The molecule has 1 aliphatic rings. The molecule has 28 heavy (non-hydrogen) atoms. The molecule has 1 heterocycles. The van der Waals surface area contributed by atoms with Crippen LogP contribution in [0.25, 0.3) is 0 Å². The first-order valence-corrected chi connectivity index (χ1v) is 11.9. The first-order chi connectivity index (χ1) is 13.3. The Morgan fingerprint density at radius 1 is 1.07 bits per heavy atom. The third-order valence-electron chi connectivity index (χ3n) is 4.50. The van der Waals surface area contributed by atoms with Gasteiger partial charge in [0.2, 0.25) is 10.0 Å². The van der Waals surface area contributed by atoms with E-state index in [-0.39, 0.29) is 37.0 Å². The molecule has 0 bridgehead atoms. The summed E-state index contributed by atoms with van der Waals surface area (Å²) in [5, 5.41) is 0. The van der Waals surface area contributed by atoms with E-state index in [0.717, 1.165) is 11.6 Å². The van der Waals surface area contributed by atoms with Crippen LogP contribution in [-0.4, -0.2) is 60.2 Å². The molecule has 1 fully saturated rings. The number of halogens is 1. The van der Waals surface area contributed by atoms with Crippen LogP contribution in [0.5, 0.6) is 0 Å². The van der Waals surface area contributed by atoms with E-state index in [1.807, 2.05) is 6.07 Å². The minimum absolute atomic E-state index is 0.0902. The van der Waals surface area contributed by atoms with Crippen LogP contribution in [0.1, 0.15) is 15.9 Å². The van der Waals surface area contributed by atoms with E-state index in [2.05, 4.69) is 0 Å². The normalized spacial score (nSPS) is 16.7. The van der Waals surface area contributed by atoms with Crippen LogP contribution in [0.2, 0.25) is 0 Å². The van der Waals surface area contributed by atoms with Crippen LogP contribution < -0.4 is 0 Å². The fraction of sp³-hybridized carbons (Fsp3) is 0.316. The molecule has 0 N–H and O–H groups in total. The molecule has 3 rings (SSSR count). The van der Waals surface area contributed by atoms with Crippen LogP contribution in [0.15, 0.2) is 53.4 Å². The number of nitrogens with zero attached hydrogens (tertiary/aromatic N) is 2. The number of carbonyl (C=O) groups is 1. The lowest BCUT2D eigenvalue weighted by Gasteiger charge is -2.34. The summed E-state index contributed by atoms with van der Waals surface area (Å²) in [7, 11) is -4.80. The summed E-state index contributed by atoms with van der Waals surface area (Å²) in [4.78, 5) is 14.2. The Morgan fingerprint density at radius 3 is 2.39 bits per heavy atom. The van der Waals surface area contributed by atoms with Crippen molar-refractivity contribution in [2.75, 3.05) is 32.4 Å². The average molecular weight is 425 g/mol. The van der Waals surface area contributed by atoms with Gasteiger partial charge in [0.1, 0.15) is 5.82 Å². The number of hydrogen-bond donors (Lipinski definition) is 0. The topological polar surface area (TPSA) is 74.8 Å². The Kier molecular flexibility index (Phi) is 6.26. The van der Waals surface area contributed by atoms with Crippen molar-refractivity contribution in [2.24, 2.45) is 0 Å². The van der Waals surface area contributed by atoms with Gasteiger partial charge in [-0.2, -0.15) is 4.31 Å². The largest absolute Gasteiger partial charge is 0.336 e. The van der Waals surface area contributed by atoms with E-state index >= 15 is 0 Å². The second-order valence-electron chi connectivity index (χ2n) is 6.57. The summed E-state index contributed by atoms with van der Waals surface area (Å²) in [6, 6.07) is 11.9. The second kappa shape index (κ2) is 8.50. The first kappa shape index (κ1) is 20.6. The van der Waals surface area contributed by atoms with Crippen molar-refractivity contribution < 1.29 is 21.8 Å². The SMILES string of the molecule is CS(=O)Cc1cccc(C(=O)N2CCN(S(=O)(=O)c3cccc(F)c3)CC2)c1. The molecule has 150 valence electrons. The van der Waals surface area contributed by atoms with Crippen molar-refractivity contribution in [3.05, 3.63) is 65.5 Å². The van der Waals surface area contributed by atoms with E-state index in [0.29, 0.717) is 11.3 Å². The number of carbonyl (C=O) groups excluding carboxylic acids is 1. The molecule has 2 aromatic carbocycles. The zero-order valence-electron chi connectivity index (χ0n) is 15.4. The highest BCUT2D eigenvalue weighted by molar-refractivity contribution is 7.89. The van der Waals surface area contributed by atoms with E-state index in [9.17, 15) is 21.8 Å². The standard InChI is InChI=1S/C19H21FN2O4S2/c1-27(24)14-15-4-2-5-16(12-15)19(23)21-8-10-22(11-9-21)28(25,26)18-7-3-6-17(20)13-18/h2-7,12-13H,8-11,14H2,1H3. The smallest absolute Gasteiger partial charge is 0.253 e. The van der Waals surface area contributed by atoms with Crippen molar-refractivity contribution >= 4 is 26.7 Å². The van der Waals surface area contributed by atoms with Crippen molar-refractivity contribution in [2.45, 2.75) is 10.6 Å². The minimum atomic E-state index is -3.80. The Hall–Kier alpha value is -2.10. The lowest BCUT2D eigenvalue weighted by Crippen LogP contribution is -2.50. The number of sulfonamides is 1. The Balaban J connectivity index is 1.68. The molecular weight excluding hydrogens is 403 g/mol. The summed E-state index contributed by atoms with van der Waals surface area (Å²) in [6.45, 7) is 0.779. The molecule has 6 nitrogen and oxygen atoms in total. The number of benzene rings is 2. The highest BCUT2D eigenvalue weighted by Gasteiger charge is 2.30. The molecule has 0 spiro atoms. The van der Waals surface area contributed by atoms with Gasteiger partial charge in [-0.3, -0.25) is 9.00 Å². The van der Waals surface area contributed by atoms with Crippen LogP contribution in [0.3, 0.4) is 0 Å². The lowest BCUT2D eigenvalue weighted by molar-refractivity contribution is 0.0698. The molecule has 0 saturated carbocycles. The van der Waals surface area contributed by atoms with Gasteiger partial charge in [-0.05, 0) is 35.9 Å². The van der Waals surface area contributed by atoms with Gasteiger partial charge in [0, 0.05) is 54.6 Å². The lowest BCUT2D eigenvalue weighted by atomic mass is 10.1. The van der Waals surface area contributed by atoms with Crippen LogP contribution in [0, 0.1) is 5.82 Å². The highest BCUT2D eigenvalue weighted by atomic mass is 32.2. The number of rotatable bonds is 5. The molecule has 1 aliphatic heterocycles. The van der Waals surface area contributed by atoms with Crippen LogP contribution in [-0.2, 0) is 26.6 Å². The molecule has 0 aliphatic carbocycles. The average Bonchev–Trinajstić information content (AvgIpc) is 2.67. The molecule has 9 heteroatoms. The van der Waals surface area contributed by atoms with E-state index in [4.69, 9.17) is 0 Å². The molecule has 1 atom stereocenters. The zero-order chi connectivity index (χ0) is 20.3. The fourth-order valence-corrected chi connectivity index (χ4v) is 5.22. The van der Waals surface area contributed by atoms with Crippen molar-refractivity contribution in [3.8, 4) is 0 Å². The number of amides is 1. The van der Waals surface area contributed by atoms with Gasteiger partial charge in [0.25, 0.3) is 5.91 Å². The number of hydrogen-bond acceptors (Lipinski definition) is 4. The predicted molar refractivity (Wildman–Crippen MR) is 105 cm³/mol. The summed E-state index contributed by atoms with van der Waals surface area (Å²) in [5.74, 6) is -0.421. The van der Waals surface area contributed by atoms with Crippen LogP contribution in [0.4, 0.5) is 4.39 Å². The van der Waals surface area contributed by atoms with E-state index < -0.39 is 26.6 Å². The summed E-state index contributed by atoms with van der Waals surface area (Å²) in [5.41, 5.74) is 1.31. The van der Waals surface area contributed by atoms with E-state index in [1.54, 1.807) is 29.4 Å². The van der Waals surface area contributed by atoms with Crippen LogP contribution >= 0.6 is 0 Å². The number of piperazine rings is 1. The molecule has 1 saturated heterocycles. The van der Waals surface area contributed by atoms with Gasteiger partial charge in [0.15, 0.2) is 0 Å². The first-order valence-electron chi connectivity index (χ1n) is 8.71. The summed E-state index contributed by atoms with van der Waals surface area (Å²) < 4.78 is 51.4. The van der Waals surface area contributed by atoms with Gasteiger partial charge >= 0.3 is 0 Å². The molecule has 0 radical (unpaired) electrons. The maximum Gasteiger partial charge on any atom is 0.253 e. The van der Waals surface area contributed by atoms with E-state index in [1.165, 1.54) is 22.5 Å². The third-order valence-corrected chi connectivity index (χ3v) is 7.14. The molecule has 1 unspecified atom stereocenters. The minimum Gasteiger partial charge on any atom is -0.336 e. The molecule has 2 aromatic rings.